The van der Waals surface area contributed by atoms with E-state index in [0.717, 1.165) is 24.4 Å². The Labute approximate surface area is 118 Å². The molecule has 0 aliphatic heterocycles. The number of hydrazine groups is 1. The molecule has 4 nitrogen and oxygen atoms in total. The third-order valence-electron chi connectivity index (χ3n) is 3.10. The van der Waals surface area contributed by atoms with Crippen molar-refractivity contribution in [1.82, 2.24) is 15.2 Å². The van der Waals surface area contributed by atoms with E-state index in [1.807, 2.05) is 29.1 Å². The highest BCUT2D eigenvalue weighted by atomic mass is 35.5. The maximum atomic E-state index is 5.99. The predicted molar refractivity (Wildman–Crippen MR) is 77.9 cm³/mol. The Kier molecular flexibility index (Phi) is 4.96. The molecule has 0 radical (unpaired) electrons. The summed E-state index contributed by atoms with van der Waals surface area (Å²) in [5.74, 6) is 5.64. The van der Waals surface area contributed by atoms with Crippen LogP contribution >= 0.6 is 11.6 Å². The standard InChI is InChI=1S/C14H19ClN4/c1-2-19-10-12(9-17-19)8-14(18-16)7-11-4-3-5-13(15)6-11/h3-6,9-10,14,18H,2,7-8,16H2,1H3. The first-order valence-electron chi connectivity index (χ1n) is 6.43. The lowest BCUT2D eigenvalue weighted by atomic mass is 10.0. The van der Waals surface area contributed by atoms with Crippen molar-refractivity contribution >= 4 is 11.6 Å². The maximum Gasteiger partial charge on any atom is 0.0522 e. The molecule has 3 N–H and O–H groups in total. The van der Waals surface area contributed by atoms with Gasteiger partial charge < -0.3 is 0 Å². The number of aromatic nitrogens is 2. The van der Waals surface area contributed by atoms with Gasteiger partial charge in [-0.15, -0.1) is 0 Å². The minimum atomic E-state index is 0.174. The molecule has 102 valence electrons. The molecule has 5 heteroatoms. The van der Waals surface area contributed by atoms with Crippen molar-refractivity contribution in [3.8, 4) is 0 Å². The van der Waals surface area contributed by atoms with E-state index in [4.69, 9.17) is 17.4 Å². The highest BCUT2D eigenvalue weighted by molar-refractivity contribution is 6.30. The topological polar surface area (TPSA) is 55.9 Å². The maximum absolute atomic E-state index is 5.99. The molecule has 0 bridgehead atoms. The molecule has 0 aliphatic carbocycles. The molecule has 2 rings (SSSR count). The van der Waals surface area contributed by atoms with Gasteiger partial charge in [0.15, 0.2) is 0 Å². The zero-order valence-corrected chi connectivity index (χ0v) is 11.8. The summed E-state index contributed by atoms with van der Waals surface area (Å²) in [6.45, 7) is 2.95. The smallest absolute Gasteiger partial charge is 0.0522 e. The molecule has 0 saturated heterocycles. The van der Waals surface area contributed by atoms with E-state index >= 15 is 0 Å². The second kappa shape index (κ2) is 6.70. The summed E-state index contributed by atoms with van der Waals surface area (Å²) in [6, 6.07) is 8.04. The van der Waals surface area contributed by atoms with Crippen molar-refractivity contribution in [2.45, 2.75) is 32.4 Å². The number of rotatable bonds is 6. The first-order chi connectivity index (χ1) is 9.21. The Morgan fingerprint density at radius 2 is 2.16 bits per heavy atom. The Bertz CT molecular complexity index is 524. The number of nitrogens with zero attached hydrogens (tertiary/aromatic N) is 2. The third kappa shape index (κ3) is 4.06. The molecule has 1 aromatic heterocycles. The van der Waals surface area contributed by atoms with Gasteiger partial charge in [-0.1, -0.05) is 23.7 Å². The molecule has 1 unspecified atom stereocenters. The molecule has 0 aliphatic rings. The van der Waals surface area contributed by atoms with Crippen LogP contribution in [0.5, 0.6) is 0 Å². The van der Waals surface area contributed by atoms with E-state index in [0.29, 0.717) is 0 Å². The molecule has 0 fully saturated rings. The molecular weight excluding hydrogens is 260 g/mol. The fourth-order valence-electron chi connectivity index (χ4n) is 2.11. The summed E-state index contributed by atoms with van der Waals surface area (Å²) in [5.41, 5.74) is 5.23. The van der Waals surface area contributed by atoms with Crippen molar-refractivity contribution in [3.05, 3.63) is 52.8 Å². The molecular formula is C14H19ClN4. The molecule has 1 atom stereocenters. The number of hydrogen-bond acceptors (Lipinski definition) is 3. The summed E-state index contributed by atoms with van der Waals surface area (Å²) < 4.78 is 1.92. The Balaban J connectivity index is 2.00. The van der Waals surface area contributed by atoms with Crippen molar-refractivity contribution in [2.24, 2.45) is 5.84 Å². The van der Waals surface area contributed by atoms with Crippen LogP contribution in [0.1, 0.15) is 18.1 Å². The van der Waals surface area contributed by atoms with E-state index in [1.54, 1.807) is 0 Å². The van der Waals surface area contributed by atoms with E-state index in [2.05, 4.69) is 29.7 Å². The van der Waals surface area contributed by atoms with Crippen LogP contribution in [0.2, 0.25) is 5.02 Å². The Morgan fingerprint density at radius 1 is 1.37 bits per heavy atom. The minimum Gasteiger partial charge on any atom is -0.273 e. The first kappa shape index (κ1) is 14.1. The monoisotopic (exact) mass is 278 g/mol. The summed E-state index contributed by atoms with van der Waals surface area (Å²) >= 11 is 5.99. The molecule has 0 amide bonds. The van der Waals surface area contributed by atoms with Crippen molar-refractivity contribution < 1.29 is 0 Å². The highest BCUT2D eigenvalue weighted by Gasteiger charge is 2.10. The van der Waals surface area contributed by atoms with Gasteiger partial charge in [-0.25, -0.2) is 0 Å². The second-order valence-electron chi connectivity index (χ2n) is 4.61. The van der Waals surface area contributed by atoms with Crippen LogP contribution in [0, 0.1) is 0 Å². The number of nitrogens with two attached hydrogens (primary N) is 1. The van der Waals surface area contributed by atoms with Gasteiger partial charge >= 0.3 is 0 Å². The van der Waals surface area contributed by atoms with Crippen LogP contribution in [-0.4, -0.2) is 15.8 Å². The van der Waals surface area contributed by atoms with Gasteiger partial charge in [0.25, 0.3) is 0 Å². The zero-order valence-electron chi connectivity index (χ0n) is 11.0. The highest BCUT2D eigenvalue weighted by Crippen LogP contribution is 2.13. The van der Waals surface area contributed by atoms with Crippen LogP contribution in [0.25, 0.3) is 0 Å². The number of hydrogen-bond donors (Lipinski definition) is 2. The molecule has 1 aromatic carbocycles. The second-order valence-corrected chi connectivity index (χ2v) is 5.04. The number of halogens is 1. The van der Waals surface area contributed by atoms with Gasteiger partial charge in [0.2, 0.25) is 0 Å². The predicted octanol–water partition coefficient (Wildman–Crippen LogP) is 2.17. The number of benzene rings is 1. The average molecular weight is 279 g/mol. The van der Waals surface area contributed by atoms with Crippen LogP contribution in [0.15, 0.2) is 36.7 Å². The summed E-state index contributed by atoms with van der Waals surface area (Å²) in [5, 5.41) is 5.03. The van der Waals surface area contributed by atoms with Gasteiger partial charge in [0.1, 0.15) is 0 Å². The largest absolute Gasteiger partial charge is 0.273 e. The van der Waals surface area contributed by atoms with Gasteiger partial charge in [0, 0.05) is 23.8 Å². The number of nitrogens with one attached hydrogen (secondary N) is 1. The van der Waals surface area contributed by atoms with Gasteiger partial charge in [-0.2, -0.15) is 5.10 Å². The number of aryl methyl sites for hydroxylation is 1. The van der Waals surface area contributed by atoms with Crippen LogP contribution < -0.4 is 11.3 Å². The lowest BCUT2D eigenvalue weighted by molar-refractivity contribution is 0.522. The van der Waals surface area contributed by atoms with Crippen molar-refractivity contribution in [1.29, 1.82) is 0 Å². The molecule has 0 spiro atoms. The Hall–Kier alpha value is -1.36. The molecule has 2 aromatic rings. The molecule has 0 saturated carbocycles. The molecule has 19 heavy (non-hydrogen) atoms. The normalized spacial score (nSPS) is 12.6. The van der Waals surface area contributed by atoms with Crippen LogP contribution in [0.4, 0.5) is 0 Å². The van der Waals surface area contributed by atoms with E-state index in [-0.39, 0.29) is 6.04 Å². The van der Waals surface area contributed by atoms with Gasteiger partial charge in [-0.3, -0.25) is 16.0 Å². The average Bonchev–Trinajstić information content (AvgIpc) is 2.85. The first-order valence-corrected chi connectivity index (χ1v) is 6.81. The molecule has 1 heterocycles. The minimum absolute atomic E-state index is 0.174. The van der Waals surface area contributed by atoms with Crippen molar-refractivity contribution in [2.75, 3.05) is 0 Å². The summed E-state index contributed by atoms with van der Waals surface area (Å²) in [4.78, 5) is 0. The lowest BCUT2D eigenvalue weighted by Gasteiger charge is -2.15. The quantitative estimate of drug-likeness (QED) is 0.629. The zero-order chi connectivity index (χ0) is 13.7. The van der Waals surface area contributed by atoms with E-state index in [9.17, 15) is 0 Å². The fourth-order valence-corrected chi connectivity index (χ4v) is 2.32. The van der Waals surface area contributed by atoms with Gasteiger partial charge in [0.05, 0.1) is 6.20 Å². The van der Waals surface area contributed by atoms with E-state index < -0.39 is 0 Å². The van der Waals surface area contributed by atoms with E-state index in [1.165, 1.54) is 11.1 Å². The fraction of sp³-hybridized carbons (Fsp3) is 0.357. The van der Waals surface area contributed by atoms with Crippen LogP contribution in [0.3, 0.4) is 0 Å². The summed E-state index contributed by atoms with van der Waals surface area (Å²) in [6.07, 6.45) is 5.64. The lowest BCUT2D eigenvalue weighted by Crippen LogP contribution is -2.38. The van der Waals surface area contributed by atoms with Gasteiger partial charge in [-0.05, 0) is 43.0 Å². The van der Waals surface area contributed by atoms with Crippen LogP contribution in [-0.2, 0) is 19.4 Å². The van der Waals surface area contributed by atoms with Crippen molar-refractivity contribution in [3.63, 3.8) is 0 Å². The summed E-state index contributed by atoms with van der Waals surface area (Å²) in [7, 11) is 0. The SMILES string of the molecule is CCn1cc(CC(Cc2cccc(Cl)c2)NN)cn1. The third-order valence-corrected chi connectivity index (χ3v) is 3.33. The Morgan fingerprint density at radius 3 is 2.79 bits per heavy atom.